The molecule has 2 aliphatic carbocycles. The largest absolute Gasteiger partial charge is 0.393 e. The highest BCUT2D eigenvalue weighted by Crippen LogP contribution is 2.37. The van der Waals surface area contributed by atoms with Gasteiger partial charge in [0.2, 0.25) is 5.95 Å². The van der Waals surface area contributed by atoms with Crippen molar-refractivity contribution >= 4 is 17.3 Å². The predicted molar refractivity (Wildman–Crippen MR) is 122 cm³/mol. The fraction of sp³-hybridized carbons (Fsp3) is 0.440. The van der Waals surface area contributed by atoms with E-state index in [4.69, 9.17) is 6.42 Å². The van der Waals surface area contributed by atoms with Crippen LogP contribution in [-0.2, 0) is 6.42 Å². The van der Waals surface area contributed by atoms with Gasteiger partial charge in [0, 0.05) is 12.6 Å². The number of nitrogens with zero attached hydrogens (tertiary/aromatic N) is 2. The van der Waals surface area contributed by atoms with Crippen molar-refractivity contribution in [1.82, 2.24) is 9.97 Å². The summed E-state index contributed by atoms with van der Waals surface area (Å²) in [6.45, 7) is 4.81. The maximum absolute atomic E-state index is 13.9. The van der Waals surface area contributed by atoms with Gasteiger partial charge < -0.3 is 15.7 Å². The molecule has 2 atom stereocenters. The predicted octanol–water partition coefficient (Wildman–Crippen LogP) is 4.39. The summed E-state index contributed by atoms with van der Waals surface area (Å²) >= 11 is 0. The molecule has 0 saturated heterocycles. The van der Waals surface area contributed by atoms with Gasteiger partial charge in [-0.15, -0.1) is 6.42 Å². The van der Waals surface area contributed by atoms with E-state index in [1.165, 1.54) is 6.07 Å². The van der Waals surface area contributed by atoms with Crippen molar-refractivity contribution < 1.29 is 9.50 Å². The number of aliphatic hydroxyl groups is 1. The Bertz CT molecular complexity index is 1040. The lowest BCUT2D eigenvalue weighted by Gasteiger charge is -2.40. The normalized spacial score (nSPS) is 21.7. The van der Waals surface area contributed by atoms with E-state index in [0.29, 0.717) is 30.3 Å². The number of anilines is 2. The molecule has 1 aromatic carbocycles. The summed E-state index contributed by atoms with van der Waals surface area (Å²) in [4.78, 5) is 8.95. The number of hydrogen-bond donors (Lipinski definition) is 3. The molecule has 31 heavy (non-hydrogen) atoms. The van der Waals surface area contributed by atoms with Gasteiger partial charge in [-0.3, -0.25) is 0 Å². The summed E-state index contributed by atoms with van der Waals surface area (Å²) in [5.74, 6) is 3.66. The number of aliphatic hydroxyl groups excluding tert-OH is 1. The standard InChI is InChI=1S/C25H29FN4O/c1-4-16-15-28-24(30-23(16)29-18-9-11-22(31)25(2,3)14-18)27-13-12-17-8-10-20-19(17)6-5-7-21(20)26/h1,5-8,15,18,22,31H,9-14H2,2-3H3,(H2,27,28,29,30)/t18-,22+/m1/s1. The van der Waals surface area contributed by atoms with E-state index in [1.54, 1.807) is 12.3 Å². The summed E-state index contributed by atoms with van der Waals surface area (Å²) in [6.07, 6.45) is 13.0. The van der Waals surface area contributed by atoms with E-state index in [-0.39, 0.29) is 23.4 Å². The van der Waals surface area contributed by atoms with E-state index in [1.807, 2.05) is 6.07 Å². The molecule has 0 aliphatic heterocycles. The lowest BCUT2D eigenvalue weighted by molar-refractivity contribution is 0.00926. The van der Waals surface area contributed by atoms with Crippen molar-refractivity contribution in [2.75, 3.05) is 17.2 Å². The summed E-state index contributed by atoms with van der Waals surface area (Å²) in [7, 11) is 0. The van der Waals surface area contributed by atoms with Crippen LogP contribution in [0.5, 0.6) is 0 Å². The third-order valence-electron chi connectivity index (χ3n) is 6.44. The number of rotatable bonds is 6. The third-order valence-corrected chi connectivity index (χ3v) is 6.44. The summed E-state index contributed by atoms with van der Waals surface area (Å²) in [5.41, 5.74) is 3.39. The number of fused-ring (bicyclic) bond motifs is 1. The molecule has 2 aliphatic rings. The first-order valence-electron chi connectivity index (χ1n) is 10.9. The maximum atomic E-state index is 13.9. The summed E-state index contributed by atoms with van der Waals surface area (Å²) in [5, 5.41) is 16.9. The van der Waals surface area contributed by atoms with E-state index in [0.717, 1.165) is 42.4 Å². The van der Waals surface area contributed by atoms with E-state index in [2.05, 4.69) is 46.4 Å². The van der Waals surface area contributed by atoms with Gasteiger partial charge >= 0.3 is 0 Å². The average molecular weight is 421 g/mol. The Labute approximate surface area is 183 Å². The Balaban J connectivity index is 1.39. The zero-order valence-electron chi connectivity index (χ0n) is 18.1. The first-order chi connectivity index (χ1) is 14.9. The molecule has 6 heteroatoms. The highest BCUT2D eigenvalue weighted by atomic mass is 19.1. The van der Waals surface area contributed by atoms with Crippen LogP contribution in [0.4, 0.5) is 16.2 Å². The monoisotopic (exact) mass is 420 g/mol. The Morgan fingerprint density at radius 3 is 2.94 bits per heavy atom. The number of hydrogen-bond acceptors (Lipinski definition) is 5. The van der Waals surface area contributed by atoms with Gasteiger partial charge in [0.1, 0.15) is 11.6 Å². The molecular formula is C25H29FN4O. The first-order valence-corrected chi connectivity index (χ1v) is 10.9. The van der Waals surface area contributed by atoms with Crippen molar-refractivity contribution in [1.29, 1.82) is 0 Å². The molecule has 0 bridgehead atoms. The molecule has 2 aromatic rings. The summed E-state index contributed by atoms with van der Waals surface area (Å²) < 4.78 is 13.9. The maximum Gasteiger partial charge on any atom is 0.224 e. The van der Waals surface area contributed by atoms with E-state index in [9.17, 15) is 9.50 Å². The minimum atomic E-state index is -0.288. The van der Waals surface area contributed by atoms with Crippen LogP contribution in [0, 0.1) is 23.6 Å². The van der Waals surface area contributed by atoms with Crippen molar-refractivity contribution in [3.05, 3.63) is 53.0 Å². The van der Waals surface area contributed by atoms with Crippen molar-refractivity contribution in [2.45, 2.75) is 58.1 Å². The smallest absolute Gasteiger partial charge is 0.224 e. The van der Waals surface area contributed by atoms with Gasteiger partial charge in [-0.1, -0.05) is 38.0 Å². The molecule has 3 N–H and O–H groups in total. The number of halogens is 1. The average Bonchev–Trinajstić information content (AvgIpc) is 3.15. The number of nitrogens with one attached hydrogen (secondary N) is 2. The first kappa shape index (κ1) is 21.3. The zero-order chi connectivity index (χ0) is 22.0. The molecule has 0 spiro atoms. The molecule has 162 valence electrons. The van der Waals surface area contributed by atoms with Crippen molar-refractivity contribution in [3.8, 4) is 12.3 Å². The van der Waals surface area contributed by atoms with Crippen molar-refractivity contribution in [3.63, 3.8) is 0 Å². The van der Waals surface area contributed by atoms with Crippen LogP contribution in [0.15, 0.2) is 30.5 Å². The van der Waals surface area contributed by atoms with Crippen LogP contribution in [0.3, 0.4) is 0 Å². The molecule has 4 rings (SSSR count). The SMILES string of the molecule is C#Cc1cnc(NCCC2=CCc3c(F)cccc32)nc1N[C@@H]1CC[C@H](O)C(C)(C)C1. The lowest BCUT2D eigenvalue weighted by Crippen LogP contribution is -2.41. The quantitative estimate of drug-likeness (QED) is 0.605. The van der Waals surface area contributed by atoms with Gasteiger partial charge in [0.15, 0.2) is 0 Å². The Morgan fingerprint density at radius 1 is 1.32 bits per heavy atom. The minimum Gasteiger partial charge on any atom is -0.393 e. The van der Waals surface area contributed by atoms with Gasteiger partial charge in [0.25, 0.3) is 0 Å². The Hall–Kier alpha value is -2.91. The molecule has 1 saturated carbocycles. The molecule has 1 heterocycles. The van der Waals surface area contributed by atoms with Gasteiger partial charge in [-0.05, 0) is 60.3 Å². The van der Waals surface area contributed by atoms with Gasteiger partial charge in [-0.2, -0.15) is 4.98 Å². The topological polar surface area (TPSA) is 70.1 Å². The number of aromatic nitrogens is 2. The third kappa shape index (κ3) is 4.57. The summed E-state index contributed by atoms with van der Waals surface area (Å²) in [6, 6.07) is 5.44. The molecule has 0 radical (unpaired) electrons. The van der Waals surface area contributed by atoms with Crippen LogP contribution >= 0.6 is 0 Å². The highest BCUT2D eigenvalue weighted by Gasteiger charge is 2.35. The molecule has 5 nitrogen and oxygen atoms in total. The second-order valence-electron chi connectivity index (χ2n) is 9.10. The molecule has 1 fully saturated rings. The Kier molecular flexibility index (Phi) is 5.97. The van der Waals surface area contributed by atoms with Gasteiger partial charge in [-0.25, -0.2) is 9.37 Å². The second kappa shape index (κ2) is 8.68. The number of benzene rings is 1. The number of terminal acetylenes is 1. The Morgan fingerprint density at radius 2 is 2.16 bits per heavy atom. The fourth-order valence-corrected chi connectivity index (χ4v) is 4.57. The van der Waals surface area contributed by atoms with Crippen LogP contribution < -0.4 is 10.6 Å². The van der Waals surface area contributed by atoms with E-state index >= 15 is 0 Å². The lowest BCUT2D eigenvalue weighted by atomic mass is 9.73. The number of allylic oxidation sites excluding steroid dienone is 1. The van der Waals surface area contributed by atoms with Crippen LogP contribution in [0.25, 0.3) is 5.57 Å². The highest BCUT2D eigenvalue weighted by molar-refractivity contribution is 5.73. The molecule has 0 amide bonds. The van der Waals surface area contributed by atoms with Crippen molar-refractivity contribution in [2.24, 2.45) is 5.41 Å². The molecule has 1 aromatic heterocycles. The molecular weight excluding hydrogens is 391 g/mol. The second-order valence-corrected chi connectivity index (χ2v) is 9.10. The van der Waals surface area contributed by atoms with E-state index < -0.39 is 0 Å². The zero-order valence-corrected chi connectivity index (χ0v) is 18.1. The van der Waals surface area contributed by atoms with Crippen LogP contribution in [-0.4, -0.2) is 33.8 Å². The fourth-order valence-electron chi connectivity index (χ4n) is 4.57. The van der Waals surface area contributed by atoms with Crippen LogP contribution in [0.1, 0.15) is 56.2 Å². The van der Waals surface area contributed by atoms with Crippen LogP contribution in [0.2, 0.25) is 0 Å². The minimum absolute atomic E-state index is 0.140. The molecule has 0 unspecified atom stereocenters. The van der Waals surface area contributed by atoms with Gasteiger partial charge in [0.05, 0.1) is 17.9 Å².